The molecule has 130 valence electrons. The number of halogens is 3. The van der Waals surface area contributed by atoms with Gasteiger partial charge in [-0.3, -0.25) is 14.8 Å². The molecule has 0 fully saturated rings. The van der Waals surface area contributed by atoms with E-state index in [2.05, 4.69) is 25.3 Å². The lowest BCUT2D eigenvalue weighted by Gasteiger charge is -2.04. The van der Waals surface area contributed by atoms with Crippen LogP contribution >= 0.6 is 11.3 Å². The fraction of sp³-hybridized carbons (Fsp3) is 0.417. The summed E-state index contributed by atoms with van der Waals surface area (Å²) >= 11 is 0.132. The molecule has 0 saturated heterocycles. The van der Waals surface area contributed by atoms with Gasteiger partial charge in [-0.05, 0) is 13.8 Å². The number of aromatic nitrogens is 4. The molecule has 2 rings (SSSR count). The minimum Gasteiger partial charge on any atom is -0.461 e. The molecule has 2 aromatic heterocycles. The van der Waals surface area contributed by atoms with Gasteiger partial charge in [0, 0.05) is 7.05 Å². The third-order valence-corrected chi connectivity index (χ3v) is 3.91. The Kier molecular flexibility index (Phi) is 4.87. The highest BCUT2D eigenvalue weighted by molar-refractivity contribution is 7.16. The van der Waals surface area contributed by atoms with Crippen molar-refractivity contribution in [3.8, 4) is 0 Å². The summed E-state index contributed by atoms with van der Waals surface area (Å²) in [6, 6.07) is 0. The van der Waals surface area contributed by atoms with E-state index in [4.69, 9.17) is 0 Å². The lowest BCUT2D eigenvalue weighted by molar-refractivity contribution is -0.135. The van der Waals surface area contributed by atoms with Crippen molar-refractivity contribution in [1.29, 1.82) is 0 Å². The highest BCUT2D eigenvalue weighted by atomic mass is 32.1. The summed E-state index contributed by atoms with van der Waals surface area (Å²) in [7, 11) is 1.56. The maximum atomic E-state index is 13.0. The quantitative estimate of drug-likeness (QED) is 0.835. The second-order valence-corrected chi connectivity index (χ2v) is 5.52. The van der Waals surface area contributed by atoms with Crippen molar-refractivity contribution in [1.82, 2.24) is 20.0 Å². The second-order valence-electron chi connectivity index (χ2n) is 4.52. The lowest BCUT2D eigenvalue weighted by Crippen LogP contribution is -2.15. The Balaban J connectivity index is 2.33. The number of hydrogen-bond acceptors (Lipinski definition) is 7. The van der Waals surface area contributed by atoms with Crippen LogP contribution in [0.25, 0.3) is 0 Å². The highest BCUT2D eigenvalue weighted by Gasteiger charge is 2.40. The van der Waals surface area contributed by atoms with E-state index >= 15 is 0 Å². The SMILES string of the molecule is CCOC(=O)c1nc(NC(=O)c2nnn(C)c2C)sc1C(F)(F)F. The van der Waals surface area contributed by atoms with Crippen molar-refractivity contribution in [2.45, 2.75) is 20.0 Å². The number of esters is 1. The van der Waals surface area contributed by atoms with Crippen molar-refractivity contribution < 1.29 is 27.5 Å². The van der Waals surface area contributed by atoms with Gasteiger partial charge in [0.1, 0.15) is 4.88 Å². The molecule has 2 aromatic rings. The Morgan fingerprint density at radius 1 is 1.33 bits per heavy atom. The number of anilines is 1. The number of aryl methyl sites for hydroxylation is 1. The Morgan fingerprint density at radius 2 is 2.00 bits per heavy atom. The summed E-state index contributed by atoms with van der Waals surface area (Å²) in [5.74, 6) is -1.99. The molecule has 0 unspecified atom stereocenters. The molecule has 8 nitrogen and oxygen atoms in total. The molecule has 0 radical (unpaired) electrons. The predicted octanol–water partition coefficient (Wildman–Crippen LogP) is 2.03. The lowest BCUT2D eigenvalue weighted by atomic mass is 10.3. The van der Waals surface area contributed by atoms with Gasteiger partial charge >= 0.3 is 12.1 Å². The Bertz CT molecular complexity index is 783. The average molecular weight is 363 g/mol. The number of ether oxygens (including phenoxy) is 1. The van der Waals surface area contributed by atoms with Crippen LogP contribution in [0.3, 0.4) is 0 Å². The van der Waals surface area contributed by atoms with Crippen molar-refractivity contribution in [3.63, 3.8) is 0 Å². The van der Waals surface area contributed by atoms with Gasteiger partial charge in [-0.1, -0.05) is 16.6 Å². The van der Waals surface area contributed by atoms with E-state index in [1.807, 2.05) is 0 Å². The molecule has 0 atom stereocenters. The van der Waals surface area contributed by atoms with Gasteiger partial charge in [-0.15, -0.1) is 5.10 Å². The van der Waals surface area contributed by atoms with E-state index in [9.17, 15) is 22.8 Å². The standard InChI is InChI=1S/C12H12F3N5O3S/c1-4-23-10(22)7-8(12(13,14)15)24-11(16-7)17-9(21)6-5(2)20(3)19-18-6/h4H2,1-3H3,(H,16,17,21). The normalized spacial score (nSPS) is 11.4. The molecule has 1 N–H and O–H groups in total. The van der Waals surface area contributed by atoms with Gasteiger partial charge in [-0.25, -0.2) is 9.78 Å². The predicted molar refractivity (Wildman–Crippen MR) is 76.8 cm³/mol. The first-order valence-electron chi connectivity index (χ1n) is 6.57. The van der Waals surface area contributed by atoms with E-state index < -0.39 is 28.6 Å². The number of hydrogen-bond donors (Lipinski definition) is 1. The number of nitrogens with zero attached hydrogens (tertiary/aromatic N) is 4. The van der Waals surface area contributed by atoms with E-state index in [-0.39, 0.29) is 28.8 Å². The van der Waals surface area contributed by atoms with Crippen molar-refractivity contribution in [2.24, 2.45) is 7.05 Å². The number of thiazole rings is 1. The first-order chi connectivity index (χ1) is 11.1. The van der Waals surface area contributed by atoms with Gasteiger partial charge in [0.15, 0.2) is 16.5 Å². The molecule has 24 heavy (non-hydrogen) atoms. The molecule has 0 saturated carbocycles. The van der Waals surface area contributed by atoms with Crippen LogP contribution in [-0.4, -0.2) is 38.5 Å². The molecular formula is C12H12F3N5O3S. The molecular weight excluding hydrogens is 351 g/mol. The molecule has 0 aliphatic carbocycles. The van der Waals surface area contributed by atoms with E-state index in [1.54, 1.807) is 14.0 Å². The minimum atomic E-state index is -4.80. The number of nitrogens with one attached hydrogen (secondary N) is 1. The van der Waals surface area contributed by atoms with Gasteiger partial charge in [0.25, 0.3) is 5.91 Å². The average Bonchev–Trinajstić information content (AvgIpc) is 3.04. The van der Waals surface area contributed by atoms with Gasteiger partial charge in [0.2, 0.25) is 0 Å². The van der Waals surface area contributed by atoms with Gasteiger partial charge < -0.3 is 4.74 Å². The molecule has 1 amide bonds. The summed E-state index contributed by atoms with van der Waals surface area (Å²) in [4.78, 5) is 26.0. The zero-order chi connectivity index (χ0) is 18.1. The zero-order valence-electron chi connectivity index (χ0n) is 12.8. The fourth-order valence-corrected chi connectivity index (χ4v) is 2.49. The Hall–Kier alpha value is -2.50. The smallest absolute Gasteiger partial charge is 0.428 e. The maximum Gasteiger partial charge on any atom is 0.428 e. The Labute approximate surface area is 137 Å². The topological polar surface area (TPSA) is 99.0 Å². The summed E-state index contributed by atoms with van der Waals surface area (Å²) < 4.78 is 44.9. The van der Waals surface area contributed by atoms with Gasteiger partial charge in [-0.2, -0.15) is 13.2 Å². The van der Waals surface area contributed by atoms with Crippen molar-refractivity contribution >= 4 is 28.3 Å². The minimum absolute atomic E-state index is 0.0565. The molecule has 0 spiro atoms. The first-order valence-corrected chi connectivity index (χ1v) is 7.39. The van der Waals surface area contributed by atoms with Crippen LogP contribution in [0.5, 0.6) is 0 Å². The van der Waals surface area contributed by atoms with Crippen molar-refractivity contribution in [2.75, 3.05) is 11.9 Å². The van der Waals surface area contributed by atoms with E-state index in [1.165, 1.54) is 11.6 Å². The van der Waals surface area contributed by atoms with Crippen LogP contribution in [-0.2, 0) is 18.0 Å². The molecule has 0 aliphatic rings. The highest BCUT2D eigenvalue weighted by Crippen LogP contribution is 2.38. The molecule has 0 aromatic carbocycles. The fourth-order valence-electron chi connectivity index (χ4n) is 1.67. The van der Waals surface area contributed by atoms with Crippen LogP contribution in [0.15, 0.2) is 0 Å². The molecule has 12 heteroatoms. The number of amides is 1. The summed E-state index contributed by atoms with van der Waals surface area (Å²) in [5, 5.41) is 9.04. The molecule has 0 aliphatic heterocycles. The number of carbonyl (C=O) groups excluding carboxylic acids is 2. The third-order valence-electron chi connectivity index (χ3n) is 2.90. The van der Waals surface area contributed by atoms with Gasteiger partial charge in [0.05, 0.1) is 12.3 Å². The Morgan fingerprint density at radius 3 is 2.50 bits per heavy atom. The first kappa shape index (κ1) is 17.8. The second kappa shape index (κ2) is 6.55. The van der Waals surface area contributed by atoms with E-state index in [0.29, 0.717) is 5.69 Å². The van der Waals surface area contributed by atoms with Crippen LogP contribution in [0.4, 0.5) is 18.3 Å². The van der Waals surface area contributed by atoms with Crippen LogP contribution in [0.1, 0.15) is 38.5 Å². The molecule has 0 bridgehead atoms. The zero-order valence-corrected chi connectivity index (χ0v) is 13.6. The number of rotatable bonds is 4. The summed E-state index contributed by atoms with van der Waals surface area (Å²) in [6.45, 7) is 2.92. The van der Waals surface area contributed by atoms with Crippen LogP contribution in [0.2, 0.25) is 0 Å². The summed E-state index contributed by atoms with van der Waals surface area (Å²) in [6.07, 6.45) is -4.80. The number of alkyl halides is 3. The molecule has 2 heterocycles. The summed E-state index contributed by atoms with van der Waals surface area (Å²) in [5.41, 5.74) is -0.523. The third kappa shape index (κ3) is 3.53. The monoisotopic (exact) mass is 363 g/mol. The maximum absolute atomic E-state index is 13.0. The van der Waals surface area contributed by atoms with Crippen LogP contribution in [0, 0.1) is 6.92 Å². The number of carbonyl (C=O) groups is 2. The van der Waals surface area contributed by atoms with Crippen molar-refractivity contribution in [3.05, 3.63) is 22.0 Å². The largest absolute Gasteiger partial charge is 0.461 e. The van der Waals surface area contributed by atoms with E-state index in [0.717, 1.165) is 0 Å². The van der Waals surface area contributed by atoms with Crippen LogP contribution < -0.4 is 5.32 Å².